The highest BCUT2D eigenvalue weighted by Crippen LogP contribution is 2.13. The quantitative estimate of drug-likeness (QED) is 0.0285. The summed E-state index contributed by atoms with van der Waals surface area (Å²) in [4.78, 5) is 37.0. The summed E-state index contributed by atoms with van der Waals surface area (Å²) in [5, 5.41) is 9.62. The predicted octanol–water partition coefficient (Wildman–Crippen LogP) is 12.6. The minimum Gasteiger partial charge on any atom is -0.477 e. The molecule has 0 heterocycles. The summed E-state index contributed by atoms with van der Waals surface area (Å²) in [7, 11) is 5.51. The van der Waals surface area contributed by atoms with Gasteiger partial charge in [-0.1, -0.05) is 145 Å². The van der Waals surface area contributed by atoms with E-state index < -0.39 is 18.1 Å². The first-order chi connectivity index (χ1) is 27.6. The molecule has 0 aromatic carbocycles. The number of carbonyl (C=O) groups excluding carboxylic acids is 2. The highest BCUT2D eigenvalue weighted by molar-refractivity contribution is 5.72. The van der Waals surface area contributed by atoms with Crippen molar-refractivity contribution in [3.05, 3.63) is 60.8 Å². The lowest BCUT2D eigenvalue weighted by molar-refractivity contribution is -0.887. The van der Waals surface area contributed by atoms with Gasteiger partial charge in [0.1, 0.15) is 6.61 Å². The number of allylic oxidation sites excluding steroid dienone is 10. The molecule has 0 saturated carbocycles. The van der Waals surface area contributed by atoms with Crippen molar-refractivity contribution < 1.29 is 38.2 Å². The number of nitrogens with zero attached hydrogens (tertiary/aromatic N) is 1. The van der Waals surface area contributed by atoms with Gasteiger partial charge in [-0.15, -0.1) is 0 Å². The van der Waals surface area contributed by atoms with E-state index in [0.29, 0.717) is 19.3 Å². The fourth-order valence-corrected chi connectivity index (χ4v) is 6.37. The summed E-state index contributed by atoms with van der Waals surface area (Å²) >= 11 is 0. The van der Waals surface area contributed by atoms with Gasteiger partial charge in [-0.05, 0) is 77.0 Å². The third-order valence-corrected chi connectivity index (χ3v) is 9.90. The van der Waals surface area contributed by atoms with E-state index in [9.17, 15) is 19.5 Å². The second-order valence-electron chi connectivity index (χ2n) is 16.3. The Balaban J connectivity index is 4.39. The number of aliphatic carboxylic acids is 1. The van der Waals surface area contributed by atoms with Crippen LogP contribution in [0.4, 0.5) is 0 Å². The number of hydrogen-bond donors (Lipinski definition) is 1. The van der Waals surface area contributed by atoms with Crippen molar-refractivity contribution in [2.45, 2.75) is 193 Å². The highest BCUT2D eigenvalue weighted by Gasteiger charge is 2.31. The Kier molecular flexibility index (Phi) is 37.8. The summed E-state index contributed by atoms with van der Waals surface area (Å²) in [5.41, 5.74) is 0. The average molecular weight is 801 g/mol. The Hall–Kier alpha value is -2.97. The van der Waals surface area contributed by atoms with Gasteiger partial charge in [0.2, 0.25) is 0 Å². The van der Waals surface area contributed by atoms with E-state index >= 15 is 0 Å². The molecule has 2 atom stereocenters. The molecule has 0 aliphatic rings. The molecule has 0 radical (unpaired) electrons. The number of carboxylic acid groups (broad SMARTS) is 1. The molecule has 57 heavy (non-hydrogen) atoms. The monoisotopic (exact) mass is 801 g/mol. The molecule has 0 rings (SSSR count). The van der Waals surface area contributed by atoms with Gasteiger partial charge in [0, 0.05) is 19.3 Å². The molecule has 8 heteroatoms. The number of rotatable bonds is 40. The normalized spacial score (nSPS) is 13.5. The second kappa shape index (κ2) is 39.8. The summed E-state index contributed by atoms with van der Waals surface area (Å²) in [5.74, 6) is -1.51. The largest absolute Gasteiger partial charge is 0.477 e. The lowest BCUT2D eigenvalue weighted by Crippen LogP contribution is -2.50. The summed E-state index contributed by atoms with van der Waals surface area (Å²) in [6.07, 6.45) is 48.3. The van der Waals surface area contributed by atoms with Crippen LogP contribution in [0.5, 0.6) is 0 Å². The van der Waals surface area contributed by atoms with Crippen LogP contribution in [-0.2, 0) is 28.6 Å². The van der Waals surface area contributed by atoms with Crippen LogP contribution >= 0.6 is 0 Å². The Bertz CT molecular complexity index is 1120. The number of hydrogen-bond acceptors (Lipinski definition) is 6. The number of quaternary nitrogens is 1. The minimum atomic E-state index is -0.882. The van der Waals surface area contributed by atoms with Gasteiger partial charge >= 0.3 is 17.9 Å². The molecule has 328 valence electrons. The van der Waals surface area contributed by atoms with Crippen LogP contribution in [-0.4, -0.2) is 80.6 Å². The second-order valence-corrected chi connectivity index (χ2v) is 16.3. The van der Waals surface area contributed by atoms with E-state index in [0.717, 1.165) is 89.9 Å². The summed E-state index contributed by atoms with van der Waals surface area (Å²) < 4.78 is 17.3. The molecule has 0 saturated heterocycles. The van der Waals surface area contributed by atoms with Crippen LogP contribution in [0.15, 0.2) is 60.8 Å². The fourth-order valence-electron chi connectivity index (χ4n) is 6.37. The van der Waals surface area contributed by atoms with Crippen LogP contribution < -0.4 is 0 Å². The molecule has 0 amide bonds. The van der Waals surface area contributed by atoms with Crippen LogP contribution in [0.2, 0.25) is 0 Å². The molecule has 8 nitrogen and oxygen atoms in total. The minimum absolute atomic E-state index is 0.0465. The molecule has 0 aromatic heterocycles. The van der Waals surface area contributed by atoms with Crippen LogP contribution in [0.25, 0.3) is 0 Å². The number of carbonyl (C=O) groups is 3. The third-order valence-electron chi connectivity index (χ3n) is 9.90. The zero-order valence-electron chi connectivity index (χ0n) is 37.3. The van der Waals surface area contributed by atoms with E-state index in [1.807, 2.05) is 21.1 Å². The zero-order valence-corrected chi connectivity index (χ0v) is 37.3. The number of likely N-dealkylation sites (N-methyl/N-ethyl adjacent to an activating group) is 1. The molecule has 0 aromatic rings. The highest BCUT2D eigenvalue weighted by atomic mass is 16.6. The summed E-state index contributed by atoms with van der Waals surface area (Å²) in [6, 6.07) is -0.622. The fraction of sp³-hybridized carbons (Fsp3) is 0.735. The van der Waals surface area contributed by atoms with E-state index in [2.05, 4.69) is 74.6 Å². The molecule has 0 aliphatic carbocycles. The average Bonchev–Trinajstić information content (AvgIpc) is 3.17. The molecule has 0 bridgehead atoms. The third kappa shape index (κ3) is 38.3. The lowest BCUT2D eigenvalue weighted by Gasteiger charge is -2.31. The van der Waals surface area contributed by atoms with E-state index in [4.69, 9.17) is 14.2 Å². The smallest absolute Gasteiger partial charge is 0.362 e. The van der Waals surface area contributed by atoms with E-state index in [-0.39, 0.29) is 36.2 Å². The van der Waals surface area contributed by atoms with Gasteiger partial charge in [-0.2, -0.15) is 0 Å². The Morgan fingerprint density at radius 1 is 0.544 bits per heavy atom. The molecule has 0 spiro atoms. The van der Waals surface area contributed by atoms with E-state index in [1.54, 1.807) is 0 Å². The lowest BCUT2D eigenvalue weighted by atomic mass is 10.1. The van der Waals surface area contributed by atoms with Crippen LogP contribution in [0.3, 0.4) is 0 Å². The zero-order chi connectivity index (χ0) is 42.1. The van der Waals surface area contributed by atoms with Gasteiger partial charge in [0.05, 0.1) is 34.4 Å². The Labute approximate surface area is 349 Å². The van der Waals surface area contributed by atoms with Gasteiger partial charge in [-0.3, -0.25) is 9.59 Å². The molecular weight excluding hydrogens is 715 g/mol. The van der Waals surface area contributed by atoms with Crippen molar-refractivity contribution in [3.63, 3.8) is 0 Å². The van der Waals surface area contributed by atoms with Gasteiger partial charge in [0.15, 0.2) is 12.1 Å². The maximum atomic E-state index is 12.7. The SMILES string of the molecule is CC/C=C\C/C=C\C/C=C\C/C=C\CCCCCCC(=O)OC(COCCC(C(=O)O)[N+](C)(C)C)COC(=O)CCCCCCC/C=C\CCCCCCCCC. The van der Waals surface area contributed by atoms with Crippen molar-refractivity contribution in [3.8, 4) is 0 Å². The topological polar surface area (TPSA) is 99.1 Å². The molecular formula is C49H86NO7+. The first kappa shape index (κ1) is 54.0. The van der Waals surface area contributed by atoms with Crippen molar-refractivity contribution >= 4 is 17.9 Å². The Morgan fingerprint density at radius 3 is 1.47 bits per heavy atom. The van der Waals surface area contributed by atoms with Crippen LogP contribution in [0, 0.1) is 0 Å². The van der Waals surface area contributed by atoms with Crippen molar-refractivity contribution in [2.24, 2.45) is 0 Å². The van der Waals surface area contributed by atoms with Gasteiger partial charge in [-0.25, -0.2) is 4.79 Å². The van der Waals surface area contributed by atoms with Crippen molar-refractivity contribution in [2.75, 3.05) is 41.0 Å². The standard InChI is InChI=1S/C49H85NO7/c1-6-8-10-12-14-16-18-20-22-24-26-28-30-32-34-36-38-40-48(52)57-45(43-55-42-41-46(49(53)54)50(3,4)5)44-56-47(51)39-37-35-33-31-29-27-25-23-21-19-17-15-13-11-9-7-2/h8,10,14,16,20,22-23,25-26,28,45-46H,6-7,9,11-13,15,17-19,21,24,27,29-44H2,1-5H3/p+1/b10-8-,16-14-,22-20-,25-23-,28-26-. The molecule has 0 fully saturated rings. The first-order valence-electron chi connectivity index (χ1n) is 22.8. The molecule has 0 aliphatic heterocycles. The predicted molar refractivity (Wildman–Crippen MR) is 238 cm³/mol. The van der Waals surface area contributed by atoms with Gasteiger partial charge < -0.3 is 23.8 Å². The maximum absolute atomic E-state index is 12.7. The molecule has 2 unspecified atom stereocenters. The van der Waals surface area contributed by atoms with Crippen molar-refractivity contribution in [1.82, 2.24) is 0 Å². The van der Waals surface area contributed by atoms with Gasteiger partial charge in [0.25, 0.3) is 0 Å². The number of esters is 2. The van der Waals surface area contributed by atoms with Crippen molar-refractivity contribution in [1.29, 1.82) is 0 Å². The first-order valence-corrected chi connectivity index (χ1v) is 22.8. The number of ether oxygens (including phenoxy) is 3. The number of carboxylic acids is 1. The number of unbranched alkanes of at least 4 members (excludes halogenated alkanes) is 16. The molecule has 1 N–H and O–H groups in total. The van der Waals surface area contributed by atoms with Crippen LogP contribution in [0.1, 0.15) is 181 Å². The van der Waals surface area contributed by atoms with E-state index in [1.165, 1.54) is 57.8 Å². The Morgan fingerprint density at radius 2 is 0.982 bits per heavy atom. The summed E-state index contributed by atoms with van der Waals surface area (Å²) in [6.45, 7) is 4.58. The maximum Gasteiger partial charge on any atom is 0.362 e.